The molecule has 1 amide bonds. The van der Waals surface area contributed by atoms with Crippen molar-refractivity contribution in [2.75, 3.05) is 18.4 Å². The molecule has 1 heterocycles. The number of carbonyl (C=O) groups excluding carboxylic acids is 1. The van der Waals surface area contributed by atoms with E-state index in [-0.39, 0.29) is 23.4 Å². The van der Waals surface area contributed by atoms with Crippen LogP contribution in [0, 0.1) is 22.0 Å². The highest BCUT2D eigenvalue weighted by atomic mass is 79.9. The monoisotopic (exact) mass is 327 g/mol. The minimum absolute atomic E-state index is 0.0132. The van der Waals surface area contributed by atoms with Crippen molar-refractivity contribution < 1.29 is 9.72 Å². The lowest BCUT2D eigenvalue weighted by atomic mass is 9.97. The fourth-order valence-corrected chi connectivity index (χ4v) is 2.57. The molecule has 1 aromatic rings. The number of non-ortho nitro benzene ring substituents is 1. The summed E-state index contributed by atoms with van der Waals surface area (Å²) in [6.07, 6.45) is 0. The molecule has 1 fully saturated rings. The Morgan fingerprint density at radius 2 is 2.26 bits per heavy atom. The molecular weight excluding hydrogens is 314 g/mol. The topological polar surface area (TPSA) is 84.3 Å². The van der Waals surface area contributed by atoms with Crippen molar-refractivity contribution in [3.05, 3.63) is 32.8 Å². The van der Waals surface area contributed by atoms with Gasteiger partial charge in [-0.25, -0.2) is 0 Å². The fraction of sp³-hybridized carbons (Fsp3) is 0.417. The summed E-state index contributed by atoms with van der Waals surface area (Å²) in [5, 5.41) is 16.6. The van der Waals surface area contributed by atoms with Crippen LogP contribution in [-0.4, -0.2) is 23.9 Å². The maximum Gasteiger partial charge on any atom is 0.270 e. The molecule has 19 heavy (non-hydrogen) atoms. The number of hydrogen-bond acceptors (Lipinski definition) is 4. The third-order valence-electron chi connectivity index (χ3n) is 3.28. The van der Waals surface area contributed by atoms with Crippen LogP contribution in [0.2, 0.25) is 0 Å². The van der Waals surface area contributed by atoms with Crippen molar-refractivity contribution in [1.82, 2.24) is 5.32 Å². The second-order valence-corrected chi connectivity index (χ2v) is 5.51. The molecule has 102 valence electrons. The van der Waals surface area contributed by atoms with Gasteiger partial charge >= 0.3 is 0 Å². The van der Waals surface area contributed by atoms with Crippen LogP contribution < -0.4 is 10.6 Å². The zero-order chi connectivity index (χ0) is 14.0. The number of benzene rings is 1. The van der Waals surface area contributed by atoms with E-state index in [0.717, 1.165) is 6.54 Å². The number of hydrogen-bond donors (Lipinski definition) is 2. The minimum Gasteiger partial charge on any atom is -0.325 e. The van der Waals surface area contributed by atoms with Gasteiger partial charge in [-0.3, -0.25) is 14.9 Å². The average molecular weight is 328 g/mol. The van der Waals surface area contributed by atoms with Crippen molar-refractivity contribution in [2.45, 2.75) is 6.92 Å². The van der Waals surface area contributed by atoms with E-state index < -0.39 is 4.92 Å². The number of carbonyl (C=O) groups is 1. The Labute approximate surface area is 118 Å². The van der Waals surface area contributed by atoms with Crippen molar-refractivity contribution in [1.29, 1.82) is 0 Å². The number of amides is 1. The SMILES string of the molecule is C[C@@H]1CNC[C@H]1C(=O)Nc1ccc([N+](=O)[O-])cc1Br. The summed E-state index contributed by atoms with van der Waals surface area (Å²) in [5.41, 5.74) is 0.537. The van der Waals surface area contributed by atoms with E-state index in [1.807, 2.05) is 6.92 Å². The molecule has 2 rings (SSSR count). The number of nitrogens with zero attached hydrogens (tertiary/aromatic N) is 1. The molecule has 0 aromatic heterocycles. The van der Waals surface area contributed by atoms with Gasteiger partial charge < -0.3 is 10.6 Å². The van der Waals surface area contributed by atoms with E-state index >= 15 is 0 Å². The second-order valence-electron chi connectivity index (χ2n) is 4.65. The summed E-state index contributed by atoms with van der Waals surface area (Å²) < 4.78 is 0.508. The number of nitro groups is 1. The highest BCUT2D eigenvalue weighted by Gasteiger charge is 2.29. The predicted molar refractivity (Wildman–Crippen MR) is 74.9 cm³/mol. The highest BCUT2D eigenvalue weighted by Crippen LogP contribution is 2.28. The zero-order valence-electron chi connectivity index (χ0n) is 10.4. The first-order valence-electron chi connectivity index (χ1n) is 5.94. The first-order chi connectivity index (χ1) is 8.99. The Bertz CT molecular complexity index is 521. The molecule has 6 nitrogen and oxygen atoms in total. The van der Waals surface area contributed by atoms with Crippen molar-refractivity contribution in [3.8, 4) is 0 Å². The first kappa shape index (κ1) is 14.0. The molecule has 0 aliphatic carbocycles. The number of anilines is 1. The number of nitro benzene ring substituents is 1. The normalized spacial score (nSPS) is 22.2. The summed E-state index contributed by atoms with van der Waals surface area (Å²) >= 11 is 3.23. The lowest BCUT2D eigenvalue weighted by Gasteiger charge is -2.14. The van der Waals surface area contributed by atoms with Crippen molar-refractivity contribution >= 4 is 33.2 Å². The van der Waals surface area contributed by atoms with Gasteiger partial charge in [-0.15, -0.1) is 0 Å². The van der Waals surface area contributed by atoms with Crippen LogP contribution >= 0.6 is 15.9 Å². The van der Waals surface area contributed by atoms with Gasteiger partial charge in [0.15, 0.2) is 0 Å². The Kier molecular flexibility index (Phi) is 4.16. The van der Waals surface area contributed by atoms with Crippen molar-refractivity contribution in [3.63, 3.8) is 0 Å². The van der Waals surface area contributed by atoms with Gasteiger partial charge in [-0.2, -0.15) is 0 Å². The van der Waals surface area contributed by atoms with Crippen LogP contribution in [-0.2, 0) is 4.79 Å². The molecule has 0 radical (unpaired) electrons. The number of rotatable bonds is 3. The van der Waals surface area contributed by atoms with E-state index in [4.69, 9.17) is 0 Å². The van der Waals surface area contributed by atoms with Gasteiger partial charge in [-0.05, 0) is 34.5 Å². The third-order valence-corrected chi connectivity index (χ3v) is 3.93. The lowest BCUT2D eigenvalue weighted by Crippen LogP contribution is -2.27. The van der Waals surface area contributed by atoms with Crippen LogP contribution in [0.25, 0.3) is 0 Å². The molecule has 1 aliphatic heterocycles. The summed E-state index contributed by atoms with van der Waals surface area (Å²) in [5.74, 6) is 0.158. The minimum atomic E-state index is -0.473. The van der Waals surface area contributed by atoms with E-state index in [2.05, 4.69) is 26.6 Å². The molecule has 0 unspecified atom stereocenters. The Hall–Kier alpha value is -1.47. The van der Waals surface area contributed by atoms with Crippen LogP contribution in [0.4, 0.5) is 11.4 Å². The smallest absolute Gasteiger partial charge is 0.270 e. The maximum atomic E-state index is 12.1. The first-order valence-corrected chi connectivity index (χ1v) is 6.74. The van der Waals surface area contributed by atoms with Gasteiger partial charge in [0.25, 0.3) is 5.69 Å². The van der Waals surface area contributed by atoms with Gasteiger partial charge in [-0.1, -0.05) is 6.92 Å². The Morgan fingerprint density at radius 3 is 2.79 bits per heavy atom. The molecule has 1 aromatic carbocycles. The second kappa shape index (κ2) is 5.66. The maximum absolute atomic E-state index is 12.1. The molecule has 1 aliphatic rings. The Balaban J connectivity index is 2.11. The predicted octanol–water partition coefficient (Wildman–Crippen LogP) is 2.15. The van der Waals surface area contributed by atoms with Crippen LogP contribution in [0.1, 0.15) is 6.92 Å². The molecule has 1 saturated heterocycles. The molecule has 0 spiro atoms. The zero-order valence-corrected chi connectivity index (χ0v) is 11.9. The van der Waals surface area contributed by atoms with E-state index in [0.29, 0.717) is 16.7 Å². The van der Waals surface area contributed by atoms with Gasteiger partial charge in [0.1, 0.15) is 0 Å². The van der Waals surface area contributed by atoms with E-state index in [1.165, 1.54) is 18.2 Å². The Morgan fingerprint density at radius 1 is 1.53 bits per heavy atom. The molecule has 2 N–H and O–H groups in total. The van der Waals surface area contributed by atoms with E-state index in [1.54, 1.807) is 0 Å². The van der Waals surface area contributed by atoms with Gasteiger partial charge in [0.2, 0.25) is 5.91 Å². The highest BCUT2D eigenvalue weighted by molar-refractivity contribution is 9.10. The molecule has 2 atom stereocenters. The van der Waals surface area contributed by atoms with Crippen LogP contribution in [0.3, 0.4) is 0 Å². The molecule has 7 heteroatoms. The molecule has 0 bridgehead atoms. The van der Waals surface area contributed by atoms with E-state index in [9.17, 15) is 14.9 Å². The summed E-state index contributed by atoms with van der Waals surface area (Å²) in [6, 6.07) is 4.29. The van der Waals surface area contributed by atoms with Crippen LogP contribution in [0.5, 0.6) is 0 Å². The summed E-state index contributed by atoms with van der Waals surface area (Å²) in [6.45, 7) is 3.52. The standard InChI is InChI=1S/C12H14BrN3O3/c1-7-5-14-6-9(7)12(17)15-11-3-2-8(16(18)19)4-10(11)13/h2-4,7,9,14H,5-6H2,1H3,(H,15,17)/t7-,9-/m1/s1. The summed E-state index contributed by atoms with van der Waals surface area (Å²) in [4.78, 5) is 22.2. The van der Waals surface area contributed by atoms with Crippen molar-refractivity contribution in [2.24, 2.45) is 11.8 Å². The van der Waals surface area contributed by atoms with Crippen LogP contribution in [0.15, 0.2) is 22.7 Å². The van der Waals surface area contributed by atoms with Gasteiger partial charge in [0, 0.05) is 23.2 Å². The fourth-order valence-electron chi connectivity index (χ4n) is 2.11. The molecular formula is C12H14BrN3O3. The third kappa shape index (κ3) is 3.10. The average Bonchev–Trinajstić information content (AvgIpc) is 2.77. The largest absolute Gasteiger partial charge is 0.325 e. The molecule has 0 saturated carbocycles. The number of nitrogens with one attached hydrogen (secondary N) is 2. The quantitative estimate of drug-likeness (QED) is 0.658. The van der Waals surface area contributed by atoms with Gasteiger partial charge in [0.05, 0.1) is 16.5 Å². The number of halogens is 1. The summed E-state index contributed by atoms with van der Waals surface area (Å²) in [7, 11) is 0. The lowest BCUT2D eigenvalue weighted by molar-refractivity contribution is -0.384.